The lowest BCUT2D eigenvalue weighted by Crippen LogP contribution is -2.44. The van der Waals surface area contributed by atoms with Crippen LogP contribution in [0.25, 0.3) is 0 Å². The lowest BCUT2D eigenvalue weighted by atomic mass is 10.0. The predicted molar refractivity (Wildman–Crippen MR) is 83.5 cm³/mol. The van der Waals surface area contributed by atoms with Crippen molar-refractivity contribution in [3.05, 3.63) is 29.8 Å². The third-order valence-electron chi connectivity index (χ3n) is 3.97. The summed E-state index contributed by atoms with van der Waals surface area (Å²) < 4.78 is 5.37. The average Bonchev–Trinajstić information content (AvgIpc) is 3.01. The first-order valence-electron chi connectivity index (χ1n) is 7.53. The van der Waals surface area contributed by atoms with Crippen LogP contribution in [0, 0.1) is 0 Å². The number of likely N-dealkylation sites (tertiary alicyclic amines) is 1. The van der Waals surface area contributed by atoms with Crippen LogP contribution in [0.1, 0.15) is 18.4 Å². The monoisotopic (exact) mass is 305 g/mol. The van der Waals surface area contributed by atoms with Crippen molar-refractivity contribution in [2.75, 3.05) is 26.7 Å². The number of hydrogen-bond acceptors (Lipinski definition) is 4. The predicted octanol–water partition coefficient (Wildman–Crippen LogP) is 0.304. The Morgan fingerprint density at radius 1 is 1.41 bits per heavy atom. The molecule has 2 amide bonds. The van der Waals surface area contributed by atoms with Gasteiger partial charge in [-0.05, 0) is 30.9 Å². The molecule has 22 heavy (non-hydrogen) atoms. The molecule has 6 heteroatoms. The van der Waals surface area contributed by atoms with Crippen molar-refractivity contribution in [3.63, 3.8) is 0 Å². The summed E-state index contributed by atoms with van der Waals surface area (Å²) in [5, 5.41) is 2.54. The second kappa shape index (κ2) is 7.79. The normalized spacial score (nSPS) is 17.4. The first-order valence-corrected chi connectivity index (χ1v) is 7.53. The highest BCUT2D eigenvalue weighted by Gasteiger charge is 2.29. The Bertz CT molecular complexity index is 533. The van der Waals surface area contributed by atoms with Gasteiger partial charge in [0.1, 0.15) is 5.75 Å². The second-order valence-corrected chi connectivity index (χ2v) is 5.38. The molecule has 1 heterocycles. The Morgan fingerprint density at radius 2 is 2.18 bits per heavy atom. The maximum atomic E-state index is 12.3. The lowest BCUT2D eigenvalue weighted by molar-refractivity contribution is -0.133. The van der Waals surface area contributed by atoms with Crippen molar-refractivity contribution in [3.8, 4) is 5.75 Å². The van der Waals surface area contributed by atoms with Gasteiger partial charge in [-0.25, -0.2) is 0 Å². The van der Waals surface area contributed by atoms with Crippen molar-refractivity contribution in [2.45, 2.75) is 25.3 Å². The molecular formula is C16H23N3O3. The topological polar surface area (TPSA) is 84.7 Å². The highest BCUT2D eigenvalue weighted by atomic mass is 16.5. The number of carbonyl (C=O) groups is 2. The van der Waals surface area contributed by atoms with E-state index in [0.29, 0.717) is 0 Å². The Kier molecular flexibility index (Phi) is 5.77. The van der Waals surface area contributed by atoms with Crippen LogP contribution in [0.15, 0.2) is 24.3 Å². The zero-order valence-corrected chi connectivity index (χ0v) is 12.9. The van der Waals surface area contributed by atoms with Gasteiger partial charge in [-0.15, -0.1) is 0 Å². The van der Waals surface area contributed by atoms with Crippen LogP contribution in [0.2, 0.25) is 0 Å². The summed E-state index contributed by atoms with van der Waals surface area (Å²) in [6.07, 6.45) is 2.71. The molecule has 0 spiro atoms. The molecule has 120 valence electrons. The van der Waals surface area contributed by atoms with Crippen LogP contribution >= 0.6 is 0 Å². The van der Waals surface area contributed by atoms with Gasteiger partial charge in [-0.2, -0.15) is 0 Å². The van der Waals surface area contributed by atoms with E-state index in [0.717, 1.165) is 37.1 Å². The van der Waals surface area contributed by atoms with Gasteiger partial charge in [0.05, 0.1) is 20.2 Å². The second-order valence-electron chi connectivity index (χ2n) is 5.38. The maximum absolute atomic E-state index is 12.3. The van der Waals surface area contributed by atoms with Crippen molar-refractivity contribution >= 4 is 11.8 Å². The van der Waals surface area contributed by atoms with Crippen LogP contribution in [0.5, 0.6) is 5.75 Å². The number of nitrogens with one attached hydrogen (secondary N) is 1. The van der Waals surface area contributed by atoms with Crippen LogP contribution in [0.4, 0.5) is 0 Å². The number of methoxy groups -OCH3 is 1. The van der Waals surface area contributed by atoms with Crippen molar-refractivity contribution < 1.29 is 14.3 Å². The molecule has 1 aromatic rings. The summed E-state index contributed by atoms with van der Waals surface area (Å²) >= 11 is 0. The number of nitrogens with two attached hydrogens (primary N) is 1. The van der Waals surface area contributed by atoms with Crippen LogP contribution in [-0.4, -0.2) is 49.5 Å². The van der Waals surface area contributed by atoms with Gasteiger partial charge in [-0.1, -0.05) is 18.2 Å². The van der Waals surface area contributed by atoms with Gasteiger partial charge in [-0.3, -0.25) is 9.59 Å². The van der Waals surface area contributed by atoms with E-state index in [1.54, 1.807) is 7.11 Å². The molecule has 2 rings (SSSR count). The molecule has 6 nitrogen and oxygen atoms in total. The number of amides is 2. The first-order chi connectivity index (χ1) is 10.7. The number of benzene rings is 1. The van der Waals surface area contributed by atoms with Crippen LogP contribution in [0.3, 0.4) is 0 Å². The maximum Gasteiger partial charge on any atom is 0.242 e. The number of ether oxygens (including phenoxy) is 1. The van der Waals surface area contributed by atoms with Gasteiger partial charge >= 0.3 is 0 Å². The zero-order valence-electron chi connectivity index (χ0n) is 12.9. The van der Waals surface area contributed by atoms with Gasteiger partial charge in [0.15, 0.2) is 0 Å². The quantitative estimate of drug-likeness (QED) is 0.792. The van der Waals surface area contributed by atoms with E-state index in [1.807, 2.05) is 29.2 Å². The summed E-state index contributed by atoms with van der Waals surface area (Å²) in [4.78, 5) is 25.3. The van der Waals surface area contributed by atoms with Crippen molar-refractivity contribution in [2.24, 2.45) is 5.73 Å². The molecule has 0 saturated carbocycles. The summed E-state index contributed by atoms with van der Waals surface area (Å²) in [6.45, 7) is 0.646. The van der Waals surface area contributed by atoms with E-state index in [1.165, 1.54) is 0 Å². The summed E-state index contributed by atoms with van der Waals surface area (Å²) in [7, 11) is 1.65. The Hall–Kier alpha value is -2.08. The molecule has 0 radical (unpaired) electrons. The number of hydrogen-bond donors (Lipinski definition) is 2. The number of para-hydroxylation sites is 1. The van der Waals surface area contributed by atoms with Crippen LogP contribution < -0.4 is 15.8 Å². The lowest BCUT2D eigenvalue weighted by Gasteiger charge is -2.25. The third-order valence-corrected chi connectivity index (χ3v) is 3.97. The fraction of sp³-hybridized carbons (Fsp3) is 0.500. The summed E-state index contributed by atoms with van der Waals surface area (Å²) in [6, 6.07) is 8.01. The number of rotatable bonds is 6. The molecule has 0 bridgehead atoms. The number of nitrogens with zero attached hydrogens (tertiary/aromatic N) is 1. The summed E-state index contributed by atoms with van der Waals surface area (Å²) in [5.74, 6) is 0.478. The molecule has 1 saturated heterocycles. The SMILES string of the molecule is COc1ccccc1CC1CCCN1C(=O)CNC(=O)CN. The van der Waals surface area contributed by atoms with Gasteiger partial charge < -0.3 is 20.7 Å². The molecule has 1 aliphatic heterocycles. The molecule has 1 unspecified atom stereocenters. The first kappa shape index (κ1) is 16.3. The third kappa shape index (κ3) is 3.98. The van der Waals surface area contributed by atoms with Gasteiger partial charge in [0.2, 0.25) is 11.8 Å². The number of carbonyl (C=O) groups excluding carboxylic acids is 2. The minimum Gasteiger partial charge on any atom is -0.496 e. The standard InChI is InChI=1S/C16H23N3O3/c1-22-14-7-3-2-5-12(14)9-13-6-4-8-19(13)16(21)11-18-15(20)10-17/h2-3,5,7,13H,4,6,8-11,17H2,1H3,(H,18,20). The van der Waals surface area contributed by atoms with Gasteiger partial charge in [0, 0.05) is 12.6 Å². The molecule has 1 atom stereocenters. The molecule has 1 aromatic carbocycles. The van der Waals surface area contributed by atoms with Crippen molar-refractivity contribution in [1.29, 1.82) is 0 Å². The highest BCUT2D eigenvalue weighted by molar-refractivity contribution is 5.85. The smallest absolute Gasteiger partial charge is 0.242 e. The Balaban J connectivity index is 1.98. The minimum absolute atomic E-state index is 0.0124. The highest BCUT2D eigenvalue weighted by Crippen LogP contribution is 2.25. The Morgan fingerprint density at radius 3 is 2.91 bits per heavy atom. The average molecular weight is 305 g/mol. The van der Waals surface area contributed by atoms with Crippen LogP contribution in [-0.2, 0) is 16.0 Å². The van der Waals surface area contributed by atoms with E-state index < -0.39 is 0 Å². The molecule has 3 N–H and O–H groups in total. The minimum atomic E-state index is -0.311. The van der Waals surface area contributed by atoms with Crippen molar-refractivity contribution in [1.82, 2.24) is 10.2 Å². The van der Waals surface area contributed by atoms with E-state index >= 15 is 0 Å². The zero-order chi connectivity index (χ0) is 15.9. The van der Waals surface area contributed by atoms with E-state index in [2.05, 4.69) is 5.32 Å². The Labute approximate surface area is 130 Å². The molecule has 1 fully saturated rings. The van der Waals surface area contributed by atoms with E-state index in [4.69, 9.17) is 10.5 Å². The summed E-state index contributed by atoms with van der Waals surface area (Å²) in [5.41, 5.74) is 6.32. The molecular weight excluding hydrogens is 282 g/mol. The fourth-order valence-electron chi connectivity index (χ4n) is 2.85. The largest absolute Gasteiger partial charge is 0.496 e. The fourth-order valence-corrected chi connectivity index (χ4v) is 2.85. The van der Waals surface area contributed by atoms with E-state index in [9.17, 15) is 9.59 Å². The molecule has 1 aliphatic rings. The van der Waals surface area contributed by atoms with Gasteiger partial charge in [0.25, 0.3) is 0 Å². The molecule has 0 aromatic heterocycles. The molecule has 0 aliphatic carbocycles. The van der Waals surface area contributed by atoms with E-state index in [-0.39, 0.29) is 30.9 Å².